The molecule has 0 amide bonds. The quantitative estimate of drug-likeness (QED) is 0.515. The van der Waals surface area contributed by atoms with E-state index in [0.717, 1.165) is 22.6 Å². The van der Waals surface area contributed by atoms with Crippen molar-refractivity contribution in [3.63, 3.8) is 0 Å². The van der Waals surface area contributed by atoms with Gasteiger partial charge in [0.2, 0.25) is 5.95 Å². The molecule has 0 fully saturated rings. The Kier molecular flexibility index (Phi) is 4.79. The lowest BCUT2D eigenvalue weighted by Gasteiger charge is -2.05. The zero-order valence-electron chi connectivity index (χ0n) is 15.6. The molecule has 4 aromatic rings. The van der Waals surface area contributed by atoms with Crippen molar-refractivity contribution in [2.75, 3.05) is 12.8 Å². The van der Waals surface area contributed by atoms with Crippen LogP contribution in [0, 0.1) is 6.92 Å². The molecule has 2 heterocycles. The first-order chi connectivity index (χ1) is 13.5. The fraction of sp³-hybridized carbons (Fsp3) is 0.136. The van der Waals surface area contributed by atoms with E-state index in [4.69, 9.17) is 10.5 Å². The van der Waals surface area contributed by atoms with Crippen LogP contribution in [-0.2, 0) is 11.2 Å². The predicted molar refractivity (Wildman–Crippen MR) is 113 cm³/mol. The Balaban J connectivity index is 1.69. The van der Waals surface area contributed by atoms with Crippen molar-refractivity contribution < 1.29 is 9.53 Å². The Morgan fingerprint density at radius 3 is 2.75 bits per heavy atom. The van der Waals surface area contributed by atoms with Gasteiger partial charge in [0.15, 0.2) is 0 Å². The van der Waals surface area contributed by atoms with Crippen LogP contribution in [0.1, 0.15) is 27.0 Å². The summed E-state index contributed by atoms with van der Waals surface area (Å²) in [6, 6.07) is 15.9. The number of methoxy groups -OCH3 is 1. The molecule has 140 valence electrons. The zero-order valence-corrected chi connectivity index (χ0v) is 16.4. The van der Waals surface area contributed by atoms with Gasteiger partial charge < -0.3 is 10.5 Å². The van der Waals surface area contributed by atoms with Crippen molar-refractivity contribution in [1.29, 1.82) is 0 Å². The van der Waals surface area contributed by atoms with Gasteiger partial charge in [-0.3, -0.25) is 0 Å². The van der Waals surface area contributed by atoms with Crippen LogP contribution < -0.4 is 5.73 Å². The molecule has 28 heavy (non-hydrogen) atoms. The Bertz CT molecular complexity index is 1180. The van der Waals surface area contributed by atoms with Crippen LogP contribution in [-0.4, -0.2) is 23.0 Å². The van der Waals surface area contributed by atoms with E-state index in [1.54, 1.807) is 23.6 Å². The Labute approximate surface area is 166 Å². The maximum absolute atomic E-state index is 11.8. The number of carbonyl (C=O) groups excluding carboxylic acids is 1. The molecule has 0 spiro atoms. The molecule has 2 aromatic carbocycles. The molecule has 0 aliphatic carbocycles. The maximum atomic E-state index is 11.8. The summed E-state index contributed by atoms with van der Waals surface area (Å²) in [5.74, 6) is -0.0414. The van der Waals surface area contributed by atoms with Gasteiger partial charge in [0.1, 0.15) is 0 Å². The minimum absolute atomic E-state index is 0.278. The summed E-state index contributed by atoms with van der Waals surface area (Å²) in [4.78, 5) is 21.2. The second-order valence-electron chi connectivity index (χ2n) is 6.56. The molecule has 6 heteroatoms. The highest BCUT2D eigenvalue weighted by Crippen LogP contribution is 2.38. The summed E-state index contributed by atoms with van der Waals surface area (Å²) < 4.78 is 6.02. The molecular formula is C22H19N3O2S. The third-order valence-electron chi connectivity index (χ3n) is 4.66. The molecular weight excluding hydrogens is 370 g/mol. The third-order valence-corrected chi connectivity index (χ3v) is 5.96. The number of ether oxygens (including phenoxy) is 1. The molecule has 0 unspecified atom stereocenters. The number of aryl methyl sites for hydroxylation is 1. The lowest BCUT2D eigenvalue weighted by Crippen LogP contribution is -2.01. The molecule has 0 aliphatic rings. The number of carbonyl (C=O) groups is 1. The van der Waals surface area contributed by atoms with Crippen LogP contribution in [0.4, 0.5) is 5.95 Å². The lowest BCUT2D eigenvalue weighted by molar-refractivity contribution is 0.0600. The number of hydrogen-bond donors (Lipinski definition) is 1. The van der Waals surface area contributed by atoms with E-state index in [1.807, 2.05) is 24.3 Å². The smallest absolute Gasteiger partial charge is 0.337 e. The van der Waals surface area contributed by atoms with Gasteiger partial charge in [-0.1, -0.05) is 18.2 Å². The average molecular weight is 389 g/mol. The number of fused-ring (bicyclic) bond motifs is 1. The highest BCUT2D eigenvalue weighted by molar-refractivity contribution is 7.22. The summed E-state index contributed by atoms with van der Waals surface area (Å²) in [5, 5.41) is 1.21. The number of nitrogens with zero attached hydrogens (tertiary/aromatic N) is 2. The van der Waals surface area contributed by atoms with Crippen molar-refractivity contribution in [2.45, 2.75) is 13.3 Å². The highest BCUT2D eigenvalue weighted by Gasteiger charge is 2.13. The first kappa shape index (κ1) is 18.1. The zero-order chi connectivity index (χ0) is 19.7. The number of thiophene rings is 1. The van der Waals surface area contributed by atoms with E-state index in [9.17, 15) is 4.79 Å². The van der Waals surface area contributed by atoms with Gasteiger partial charge in [-0.2, -0.15) is 0 Å². The number of nitrogen functional groups attached to an aromatic ring is 1. The van der Waals surface area contributed by atoms with Gasteiger partial charge >= 0.3 is 5.97 Å². The average Bonchev–Trinajstić information content (AvgIpc) is 3.04. The normalized spacial score (nSPS) is 10.9. The molecule has 0 saturated heterocycles. The Hall–Kier alpha value is -3.25. The van der Waals surface area contributed by atoms with E-state index in [0.29, 0.717) is 5.56 Å². The molecule has 5 nitrogen and oxygen atoms in total. The van der Waals surface area contributed by atoms with Crippen LogP contribution >= 0.6 is 11.3 Å². The van der Waals surface area contributed by atoms with Gasteiger partial charge in [-0.15, -0.1) is 11.3 Å². The van der Waals surface area contributed by atoms with Crippen molar-refractivity contribution >= 4 is 33.3 Å². The fourth-order valence-electron chi connectivity index (χ4n) is 3.28. The maximum Gasteiger partial charge on any atom is 0.337 e. The van der Waals surface area contributed by atoms with Crippen LogP contribution in [0.15, 0.2) is 54.7 Å². The first-order valence-corrected chi connectivity index (χ1v) is 9.65. The van der Waals surface area contributed by atoms with Gasteiger partial charge in [0, 0.05) is 10.9 Å². The predicted octanol–water partition coefficient (Wildman–Crippen LogP) is 4.63. The van der Waals surface area contributed by atoms with Crippen molar-refractivity contribution in [2.24, 2.45) is 0 Å². The Morgan fingerprint density at radius 1 is 1.14 bits per heavy atom. The molecule has 0 radical (unpaired) electrons. The van der Waals surface area contributed by atoms with E-state index in [1.165, 1.54) is 28.3 Å². The minimum Gasteiger partial charge on any atom is -0.465 e. The lowest BCUT2D eigenvalue weighted by atomic mass is 10.0. The fourth-order valence-corrected chi connectivity index (χ4v) is 4.44. The van der Waals surface area contributed by atoms with E-state index in [2.05, 4.69) is 35.1 Å². The molecule has 0 atom stereocenters. The van der Waals surface area contributed by atoms with Crippen molar-refractivity contribution in [1.82, 2.24) is 9.97 Å². The SMILES string of the molecule is COC(=O)c1cccc(Cc2ccc3sc(-c4ccnc(N)n4)c(C)c3c2)c1. The van der Waals surface area contributed by atoms with Gasteiger partial charge in [0.05, 0.1) is 23.2 Å². The van der Waals surface area contributed by atoms with Gasteiger partial charge in [-0.05, 0) is 65.8 Å². The monoisotopic (exact) mass is 389 g/mol. The van der Waals surface area contributed by atoms with E-state index < -0.39 is 0 Å². The summed E-state index contributed by atoms with van der Waals surface area (Å²) in [5.41, 5.74) is 10.6. The van der Waals surface area contributed by atoms with E-state index >= 15 is 0 Å². The topological polar surface area (TPSA) is 78.1 Å². The van der Waals surface area contributed by atoms with Crippen molar-refractivity contribution in [3.05, 3.63) is 77.0 Å². The number of esters is 1. The number of aromatic nitrogens is 2. The number of nitrogens with two attached hydrogens (primary N) is 1. The highest BCUT2D eigenvalue weighted by atomic mass is 32.1. The summed E-state index contributed by atoms with van der Waals surface area (Å²) >= 11 is 1.70. The molecule has 2 aromatic heterocycles. The molecule has 0 saturated carbocycles. The number of anilines is 1. The van der Waals surface area contributed by atoms with Gasteiger partial charge in [-0.25, -0.2) is 14.8 Å². The molecule has 4 rings (SSSR count). The Morgan fingerprint density at radius 2 is 1.96 bits per heavy atom. The molecule has 0 bridgehead atoms. The van der Waals surface area contributed by atoms with Gasteiger partial charge in [0.25, 0.3) is 0 Å². The second-order valence-corrected chi connectivity index (χ2v) is 7.61. The van der Waals surface area contributed by atoms with Crippen molar-refractivity contribution in [3.8, 4) is 10.6 Å². The second kappa shape index (κ2) is 7.40. The first-order valence-electron chi connectivity index (χ1n) is 8.83. The summed E-state index contributed by atoms with van der Waals surface area (Å²) in [6.45, 7) is 2.11. The minimum atomic E-state index is -0.320. The third kappa shape index (κ3) is 3.46. The molecule has 2 N–H and O–H groups in total. The van der Waals surface area contributed by atoms with Crippen LogP contribution in [0.5, 0.6) is 0 Å². The van der Waals surface area contributed by atoms with Crippen LogP contribution in [0.25, 0.3) is 20.7 Å². The summed E-state index contributed by atoms with van der Waals surface area (Å²) in [7, 11) is 1.39. The van der Waals surface area contributed by atoms with Crippen LogP contribution in [0.3, 0.4) is 0 Å². The molecule has 0 aliphatic heterocycles. The van der Waals surface area contributed by atoms with E-state index in [-0.39, 0.29) is 11.9 Å². The largest absolute Gasteiger partial charge is 0.465 e. The standard InChI is InChI=1S/C22H19N3O2S/c1-13-17-12-15(10-14-4-3-5-16(11-14)21(26)27-2)6-7-19(17)28-20(13)18-8-9-24-22(23)25-18/h3-9,11-12H,10H2,1-2H3,(H2,23,24,25). The van der Waals surface area contributed by atoms with Crippen LogP contribution in [0.2, 0.25) is 0 Å². The number of rotatable bonds is 4. The summed E-state index contributed by atoms with van der Waals surface area (Å²) in [6.07, 6.45) is 2.42. The number of hydrogen-bond acceptors (Lipinski definition) is 6. The number of benzene rings is 2.